The number of aromatic nitrogens is 4. The van der Waals surface area contributed by atoms with Crippen LogP contribution in [0.2, 0.25) is 0 Å². The normalized spacial score (nSPS) is 19.6. The van der Waals surface area contributed by atoms with Crippen LogP contribution in [-0.4, -0.2) is 43.5 Å². The molecule has 0 bridgehead atoms. The number of amides is 1. The van der Waals surface area contributed by atoms with E-state index < -0.39 is 5.54 Å². The molecular weight excluding hydrogens is 504 g/mol. The average molecular weight is 543 g/mol. The first-order chi connectivity index (χ1) is 19.4. The first-order valence-electron chi connectivity index (χ1n) is 13.8. The molecule has 0 spiro atoms. The van der Waals surface area contributed by atoms with Crippen molar-refractivity contribution in [2.75, 3.05) is 18.8 Å². The number of para-hydroxylation sites is 1. The lowest BCUT2D eigenvalue weighted by Gasteiger charge is -2.32. The quantitative estimate of drug-likeness (QED) is 0.236. The van der Waals surface area contributed by atoms with Crippen molar-refractivity contribution < 1.29 is 9.53 Å². The van der Waals surface area contributed by atoms with E-state index in [9.17, 15) is 9.59 Å². The number of anilines is 1. The maximum absolute atomic E-state index is 14.3. The largest absolute Gasteiger partial charge is 0.457 e. The lowest BCUT2D eigenvalue weighted by atomic mass is 9.90. The van der Waals surface area contributed by atoms with Gasteiger partial charge in [-0.3, -0.25) is 13.9 Å². The van der Waals surface area contributed by atoms with Crippen molar-refractivity contribution in [2.24, 2.45) is 0 Å². The van der Waals surface area contributed by atoms with Crippen LogP contribution in [0.3, 0.4) is 0 Å². The maximum atomic E-state index is 14.3. The van der Waals surface area contributed by atoms with Gasteiger partial charge in [0.1, 0.15) is 23.4 Å². The Morgan fingerprint density at radius 2 is 1.75 bits per heavy atom. The van der Waals surface area contributed by atoms with E-state index in [0.29, 0.717) is 41.3 Å². The minimum absolute atomic E-state index is 0.192. The van der Waals surface area contributed by atoms with Gasteiger partial charge in [-0.15, -0.1) is 0 Å². The predicted molar refractivity (Wildman–Crippen MR) is 160 cm³/mol. The zero-order valence-corrected chi connectivity index (χ0v) is 23.2. The van der Waals surface area contributed by atoms with E-state index in [2.05, 4.69) is 30.0 Å². The number of nitrogen functional groups attached to an aromatic ring is 1. The Morgan fingerprint density at radius 1 is 1.00 bits per heavy atom. The molecule has 210 valence electrons. The van der Waals surface area contributed by atoms with Crippen molar-refractivity contribution in [3.8, 4) is 5.75 Å². The van der Waals surface area contributed by atoms with Crippen LogP contribution in [0.5, 0.6) is 5.75 Å². The third kappa shape index (κ3) is 6.25. The highest BCUT2D eigenvalue weighted by Gasteiger charge is 2.33. The van der Waals surface area contributed by atoms with Crippen molar-refractivity contribution in [3.63, 3.8) is 0 Å². The molecule has 2 aromatic heterocycles. The average Bonchev–Trinajstić information content (AvgIpc) is 3.25. The van der Waals surface area contributed by atoms with E-state index in [1.165, 1.54) is 10.9 Å². The Kier molecular flexibility index (Phi) is 9.37. The summed E-state index contributed by atoms with van der Waals surface area (Å²) in [6.07, 6.45) is 15.5. The number of hydrogen-bond donors (Lipinski definition) is 1. The second kappa shape index (κ2) is 13.1. The van der Waals surface area contributed by atoms with Gasteiger partial charge in [0.15, 0.2) is 11.5 Å². The lowest BCUT2D eigenvalue weighted by Crippen LogP contribution is -2.42. The van der Waals surface area contributed by atoms with Gasteiger partial charge in [-0.2, -0.15) is 0 Å². The number of carbonyl (C=O) groups is 1. The molecule has 1 aromatic carbocycles. The van der Waals surface area contributed by atoms with E-state index >= 15 is 0 Å². The van der Waals surface area contributed by atoms with Gasteiger partial charge < -0.3 is 15.4 Å². The Balaban J connectivity index is 1.83. The summed E-state index contributed by atoms with van der Waals surface area (Å²) in [7, 11) is 0. The van der Waals surface area contributed by atoms with Gasteiger partial charge in [-0.05, 0) is 62.6 Å². The van der Waals surface area contributed by atoms with E-state index in [0.717, 1.165) is 51.5 Å². The van der Waals surface area contributed by atoms with Crippen LogP contribution in [0.4, 0.5) is 5.82 Å². The molecule has 0 aliphatic carbocycles. The van der Waals surface area contributed by atoms with E-state index in [4.69, 9.17) is 10.5 Å². The SMILES string of the molecule is C=C/C(=C\C=C(/C=C)n1c(=O)n(C2(C)CCCCCCCN(C=O)CC2)c2ncnc(N)c21)Oc1ccccc1. The highest BCUT2D eigenvalue weighted by atomic mass is 16.5. The Bertz CT molecular complexity index is 1470. The fourth-order valence-electron chi connectivity index (χ4n) is 5.24. The monoisotopic (exact) mass is 542 g/mol. The number of hydrogen-bond acceptors (Lipinski definition) is 6. The summed E-state index contributed by atoms with van der Waals surface area (Å²) < 4.78 is 9.16. The topological polar surface area (TPSA) is 108 Å². The first-order valence-corrected chi connectivity index (χ1v) is 13.8. The zero-order valence-electron chi connectivity index (χ0n) is 23.2. The van der Waals surface area contributed by atoms with Gasteiger partial charge in [0.2, 0.25) is 6.41 Å². The summed E-state index contributed by atoms with van der Waals surface area (Å²) in [6.45, 7) is 11.1. The van der Waals surface area contributed by atoms with Crippen molar-refractivity contribution in [3.05, 3.63) is 90.4 Å². The van der Waals surface area contributed by atoms with E-state index in [1.54, 1.807) is 33.8 Å². The van der Waals surface area contributed by atoms with Crippen LogP contribution >= 0.6 is 0 Å². The van der Waals surface area contributed by atoms with Crippen molar-refractivity contribution in [2.45, 2.75) is 57.4 Å². The number of nitrogens with two attached hydrogens (primary N) is 1. The van der Waals surface area contributed by atoms with Crippen molar-refractivity contribution in [1.82, 2.24) is 24.0 Å². The molecule has 3 aromatic rings. The molecule has 3 heterocycles. The number of rotatable bonds is 8. The fraction of sp³-hybridized carbons (Fsp3) is 0.355. The summed E-state index contributed by atoms with van der Waals surface area (Å²) in [4.78, 5) is 36.6. The molecule has 2 N–H and O–H groups in total. The van der Waals surface area contributed by atoms with Crippen LogP contribution in [-0.2, 0) is 10.3 Å². The Hall–Kier alpha value is -4.40. The molecule has 0 radical (unpaired) electrons. The highest BCUT2D eigenvalue weighted by Crippen LogP contribution is 2.32. The molecule has 9 nitrogen and oxygen atoms in total. The molecule has 0 saturated carbocycles. The molecule has 1 amide bonds. The zero-order chi connectivity index (χ0) is 28.5. The second-order valence-electron chi connectivity index (χ2n) is 10.3. The molecule has 1 saturated heterocycles. The van der Waals surface area contributed by atoms with E-state index in [1.807, 2.05) is 30.3 Å². The molecule has 1 unspecified atom stereocenters. The van der Waals surface area contributed by atoms with Gasteiger partial charge in [-0.25, -0.2) is 14.8 Å². The number of allylic oxidation sites excluding steroid dienone is 5. The number of ether oxygens (including phenoxy) is 1. The summed E-state index contributed by atoms with van der Waals surface area (Å²) >= 11 is 0. The minimum Gasteiger partial charge on any atom is -0.457 e. The summed E-state index contributed by atoms with van der Waals surface area (Å²) in [6, 6.07) is 9.37. The number of carbonyl (C=O) groups excluding carboxylic acids is 1. The molecule has 1 aliphatic rings. The standard InChI is InChI=1S/C31H38N6O3/c1-4-24(16-17-25(5-2)40-26-14-10-9-11-15-26)36-27-28(32)33-22-34-29(27)37(30(36)39)31(3)18-12-7-6-8-13-20-35(23-38)21-19-31/h4-5,9-11,14-17,22-23H,1-2,6-8,12-13,18-21H2,3H3,(H2,32,33,34)/b24-16+,25-17+. The first kappa shape index (κ1) is 28.6. The summed E-state index contributed by atoms with van der Waals surface area (Å²) in [5, 5.41) is 0. The van der Waals surface area contributed by atoms with Crippen LogP contribution in [0.25, 0.3) is 16.9 Å². The number of imidazole rings is 1. The van der Waals surface area contributed by atoms with Crippen molar-refractivity contribution in [1.29, 1.82) is 0 Å². The Labute approximate surface area is 235 Å². The molecular formula is C31H38N6O3. The Morgan fingerprint density at radius 3 is 2.48 bits per heavy atom. The molecule has 1 aliphatic heterocycles. The molecule has 1 fully saturated rings. The number of fused-ring (bicyclic) bond motifs is 1. The molecule has 40 heavy (non-hydrogen) atoms. The van der Waals surface area contributed by atoms with Gasteiger partial charge in [0, 0.05) is 13.1 Å². The van der Waals surface area contributed by atoms with Crippen LogP contribution in [0.15, 0.2) is 84.7 Å². The lowest BCUT2D eigenvalue weighted by molar-refractivity contribution is -0.118. The van der Waals surface area contributed by atoms with Gasteiger partial charge in [-0.1, -0.05) is 57.0 Å². The van der Waals surface area contributed by atoms with E-state index in [-0.39, 0.29) is 11.5 Å². The fourth-order valence-corrected chi connectivity index (χ4v) is 5.24. The number of nitrogens with zero attached hydrogens (tertiary/aromatic N) is 5. The smallest absolute Gasteiger partial charge is 0.335 e. The second-order valence-corrected chi connectivity index (χ2v) is 10.3. The third-order valence-electron chi connectivity index (χ3n) is 7.50. The highest BCUT2D eigenvalue weighted by molar-refractivity contribution is 5.87. The van der Waals surface area contributed by atoms with Crippen LogP contribution in [0, 0.1) is 0 Å². The van der Waals surface area contributed by atoms with Crippen molar-refractivity contribution >= 4 is 29.1 Å². The molecule has 4 rings (SSSR count). The minimum atomic E-state index is -0.599. The summed E-state index contributed by atoms with van der Waals surface area (Å²) in [5.41, 5.74) is 6.82. The summed E-state index contributed by atoms with van der Waals surface area (Å²) in [5.74, 6) is 1.35. The maximum Gasteiger partial charge on any atom is 0.335 e. The van der Waals surface area contributed by atoms with Crippen LogP contribution < -0.4 is 16.2 Å². The van der Waals surface area contributed by atoms with Gasteiger partial charge in [0.25, 0.3) is 0 Å². The van der Waals surface area contributed by atoms with Gasteiger partial charge >= 0.3 is 5.69 Å². The predicted octanol–water partition coefficient (Wildman–Crippen LogP) is 5.27. The van der Waals surface area contributed by atoms with Crippen LogP contribution in [0.1, 0.15) is 51.9 Å². The molecule has 1 atom stereocenters. The van der Waals surface area contributed by atoms with Gasteiger partial charge in [0.05, 0.1) is 11.2 Å². The molecule has 9 heteroatoms. The third-order valence-corrected chi connectivity index (χ3v) is 7.50. The number of benzene rings is 1.